The molecule has 2 nitrogen and oxygen atoms in total. The molecule has 4 aliphatic rings. The molecule has 7 atom stereocenters. The van der Waals surface area contributed by atoms with E-state index in [0.717, 1.165) is 25.7 Å². The van der Waals surface area contributed by atoms with E-state index in [-0.39, 0.29) is 23.7 Å². The minimum Gasteiger partial charge on any atom is -0.393 e. The number of carbonyl (C=O) groups is 1. The largest absolute Gasteiger partial charge is 0.393 e. The zero-order valence-corrected chi connectivity index (χ0v) is 13.2. The predicted octanol–water partition coefficient (Wildman–Crippen LogP) is 3.96. The van der Waals surface area contributed by atoms with E-state index in [2.05, 4.69) is 13.8 Å². The third-order valence-electron chi connectivity index (χ3n) is 7.61. The van der Waals surface area contributed by atoms with Crippen LogP contribution in [0.3, 0.4) is 0 Å². The summed E-state index contributed by atoms with van der Waals surface area (Å²) >= 11 is 0. The van der Waals surface area contributed by atoms with Crippen molar-refractivity contribution in [3.63, 3.8) is 0 Å². The lowest BCUT2D eigenvalue weighted by Gasteiger charge is -2.60. The van der Waals surface area contributed by atoms with Gasteiger partial charge in [-0.2, -0.15) is 0 Å². The second kappa shape index (κ2) is 4.57. The molecular formula is C19H30O2. The summed E-state index contributed by atoms with van der Waals surface area (Å²) in [6.07, 6.45) is -0.165. The Bertz CT molecular complexity index is 606. The number of fused-ring (bicyclic) bond motifs is 5. The number of hydrogen-bond donors (Lipinski definition) is 1. The molecule has 0 unspecified atom stereocenters. The number of aliphatic hydroxyl groups excluding tert-OH is 1. The van der Waals surface area contributed by atoms with Gasteiger partial charge >= 0.3 is 0 Å². The van der Waals surface area contributed by atoms with Crippen molar-refractivity contribution in [1.29, 1.82) is 0 Å². The number of aliphatic hydroxyl groups is 1. The third-order valence-corrected chi connectivity index (χ3v) is 7.61. The summed E-state index contributed by atoms with van der Waals surface area (Å²) in [5, 5.41) is 10.3. The normalized spacial score (nSPS) is 64.1. The highest BCUT2D eigenvalue weighted by Crippen LogP contribution is 2.65. The van der Waals surface area contributed by atoms with Crippen LogP contribution in [0.25, 0.3) is 0 Å². The summed E-state index contributed by atoms with van der Waals surface area (Å²) in [4.78, 5) is 12.5. The van der Waals surface area contributed by atoms with E-state index in [1.807, 2.05) is 0 Å². The Hall–Kier alpha value is -0.370. The Morgan fingerprint density at radius 1 is 1.14 bits per heavy atom. The van der Waals surface area contributed by atoms with Crippen LogP contribution in [0.5, 0.6) is 0 Å². The monoisotopic (exact) mass is 294 g/mol. The van der Waals surface area contributed by atoms with Crippen molar-refractivity contribution in [2.75, 3.05) is 0 Å². The first-order valence-corrected chi connectivity index (χ1v) is 8.66. The van der Waals surface area contributed by atoms with Crippen LogP contribution in [0.4, 0.5) is 0 Å². The maximum absolute atomic E-state index is 12.5. The van der Waals surface area contributed by atoms with Gasteiger partial charge in [0.25, 0.3) is 0 Å². The molecule has 2 heteroatoms. The number of carbonyl (C=O) groups excluding carboxylic acids is 1. The quantitative estimate of drug-likeness (QED) is 0.734. The number of ketones is 1. The Morgan fingerprint density at radius 2 is 1.95 bits per heavy atom. The van der Waals surface area contributed by atoms with Crippen molar-refractivity contribution in [1.82, 2.24) is 0 Å². The van der Waals surface area contributed by atoms with Gasteiger partial charge in [-0.15, -0.1) is 0 Å². The summed E-state index contributed by atoms with van der Waals surface area (Å²) in [5.41, 5.74) is -0.654. The molecule has 0 aromatic carbocycles. The molecule has 21 heavy (non-hydrogen) atoms. The van der Waals surface area contributed by atoms with Crippen molar-refractivity contribution in [3.8, 4) is 0 Å². The highest BCUT2D eigenvalue weighted by Gasteiger charge is 2.60. The van der Waals surface area contributed by atoms with Gasteiger partial charge in [-0.25, -0.2) is 0 Å². The van der Waals surface area contributed by atoms with Gasteiger partial charge in [0.2, 0.25) is 0 Å². The summed E-state index contributed by atoms with van der Waals surface area (Å²) in [6.45, 7) is 4.19. The lowest BCUT2D eigenvalue weighted by atomic mass is 9.45. The van der Waals surface area contributed by atoms with Crippen LogP contribution in [-0.2, 0) is 4.79 Å². The molecule has 4 aliphatic carbocycles. The lowest BCUT2D eigenvalue weighted by molar-refractivity contribution is -0.142. The number of hydrogen-bond acceptors (Lipinski definition) is 2. The van der Waals surface area contributed by atoms with Crippen LogP contribution < -0.4 is 0 Å². The van der Waals surface area contributed by atoms with E-state index in [9.17, 15) is 9.90 Å². The van der Waals surface area contributed by atoms with E-state index in [1.165, 1.54) is 0 Å². The fraction of sp³-hybridized carbons (Fsp3) is 0.947. The van der Waals surface area contributed by atoms with Crippen LogP contribution in [0.1, 0.15) is 77.0 Å². The summed E-state index contributed by atoms with van der Waals surface area (Å²) in [6, 6.07) is 0. The second-order valence-electron chi connectivity index (χ2n) is 8.38. The summed E-state index contributed by atoms with van der Waals surface area (Å²) in [5.74, 6) is 1.12. The fourth-order valence-corrected chi connectivity index (χ4v) is 6.32. The molecule has 0 saturated heterocycles. The van der Waals surface area contributed by atoms with Gasteiger partial charge < -0.3 is 5.11 Å². The molecule has 0 amide bonds. The number of Topliss-reactive ketones (excluding diaryl/α,β-unsaturated/α-hetero) is 1. The summed E-state index contributed by atoms with van der Waals surface area (Å²) in [7, 11) is 0. The topological polar surface area (TPSA) is 37.3 Å². The van der Waals surface area contributed by atoms with Gasteiger partial charge in [0, 0.05) is 17.3 Å². The molecule has 0 aromatic heterocycles. The average Bonchev–Trinajstić information content (AvgIpc) is 2.80. The summed E-state index contributed by atoms with van der Waals surface area (Å²) < 4.78 is 33.5. The van der Waals surface area contributed by atoms with Gasteiger partial charge in [0.1, 0.15) is 5.78 Å². The zero-order chi connectivity index (χ0) is 18.4. The lowest BCUT2D eigenvalue weighted by Crippen LogP contribution is -2.54. The van der Waals surface area contributed by atoms with E-state index in [1.54, 1.807) is 0 Å². The van der Waals surface area contributed by atoms with Crippen molar-refractivity contribution < 1.29 is 15.4 Å². The van der Waals surface area contributed by atoms with E-state index < -0.39 is 24.3 Å². The van der Waals surface area contributed by atoms with Gasteiger partial charge in [-0.05, 0) is 80.4 Å². The van der Waals surface area contributed by atoms with Crippen molar-refractivity contribution >= 4 is 5.78 Å². The maximum atomic E-state index is 12.5. The molecule has 4 fully saturated rings. The van der Waals surface area contributed by atoms with Gasteiger partial charge in [-0.1, -0.05) is 13.8 Å². The Morgan fingerprint density at radius 3 is 2.76 bits per heavy atom. The average molecular weight is 294 g/mol. The van der Waals surface area contributed by atoms with Gasteiger partial charge in [0.15, 0.2) is 0 Å². The maximum Gasteiger partial charge on any atom is 0.139 e. The van der Waals surface area contributed by atoms with E-state index >= 15 is 0 Å². The molecule has 0 heterocycles. The molecule has 0 radical (unpaired) electrons. The molecule has 4 rings (SSSR count). The highest BCUT2D eigenvalue weighted by molar-refractivity contribution is 5.87. The minimum absolute atomic E-state index is 0.212. The Balaban J connectivity index is 1.73. The predicted molar refractivity (Wildman–Crippen MR) is 82.7 cm³/mol. The van der Waals surface area contributed by atoms with Gasteiger partial charge in [-0.3, -0.25) is 4.79 Å². The Labute approximate surface area is 134 Å². The van der Waals surface area contributed by atoms with E-state index in [0.29, 0.717) is 30.5 Å². The number of rotatable bonds is 0. The Kier molecular flexibility index (Phi) is 2.26. The molecule has 118 valence electrons. The molecule has 0 bridgehead atoms. The van der Waals surface area contributed by atoms with Crippen LogP contribution >= 0.6 is 0 Å². The molecular weight excluding hydrogens is 260 g/mol. The third kappa shape index (κ3) is 1.84. The molecule has 0 aromatic rings. The van der Waals surface area contributed by atoms with Crippen LogP contribution in [0.15, 0.2) is 0 Å². The highest BCUT2D eigenvalue weighted by atomic mass is 16.3. The van der Waals surface area contributed by atoms with Crippen LogP contribution in [-0.4, -0.2) is 17.0 Å². The van der Waals surface area contributed by atoms with Crippen molar-refractivity contribution in [2.24, 2.45) is 34.5 Å². The van der Waals surface area contributed by atoms with Gasteiger partial charge in [0.05, 0.1) is 6.10 Å². The van der Waals surface area contributed by atoms with Crippen molar-refractivity contribution in [3.05, 3.63) is 0 Å². The van der Waals surface area contributed by atoms with Crippen molar-refractivity contribution in [2.45, 2.75) is 77.6 Å². The first-order chi connectivity index (χ1) is 11.4. The molecule has 0 spiro atoms. The molecule has 1 N–H and O–H groups in total. The van der Waals surface area contributed by atoms with Crippen LogP contribution in [0.2, 0.25) is 0 Å². The van der Waals surface area contributed by atoms with E-state index in [4.69, 9.17) is 5.48 Å². The first-order valence-electron chi connectivity index (χ1n) is 10.7. The molecule has 4 saturated carbocycles. The first kappa shape index (κ1) is 10.4. The SMILES string of the molecule is [2H]C1([2H])C[C@@]2(C)[C@H](CC[C@@H]3[C@@H]2CC[C@]2(C)C(=O)CC[C@@H]32)C([2H])([2H])[C@@H]1O. The van der Waals surface area contributed by atoms with Crippen LogP contribution in [0, 0.1) is 34.5 Å². The fourth-order valence-electron chi connectivity index (χ4n) is 6.32. The standard InChI is InChI=1S/C19H30O2/c1-18-9-7-13(20)11-12(18)3-4-14-15-5-6-17(21)19(15,2)10-8-16(14)18/h12-16,20H,3-11H2,1-2H3/t12-,13-,14+,15+,16+,18+,19+/m1/s1/i7D2,11D2. The smallest absolute Gasteiger partial charge is 0.139 e. The molecule has 0 aliphatic heterocycles. The zero-order valence-electron chi connectivity index (χ0n) is 17.2. The minimum atomic E-state index is -1.90. The second-order valence-corrected chi connectivity index (χ2v) is 8.38.